The Bertz CT molecular complexity index is 552. The summed E-state index contributed by atoms with van der Waals surface area (Å²) >= 11 is 0. The molecule has 0 unspecified atom stereocenters. The van der Waals surface area contributed by atoms with E-state index in [1.54, 1.807) is 0 Å². The van der Waals surface area contributed by atoms with Gasteiger partial charge in [0.1, 0.15) is 11.5 Å². The molecule has 0 amide bonds. The van der Waals surface area contributed by atoms with Crippen molar-refractivity contribution < 1.29 is 4.74 Å². The molecule has 0 aliphatic carbocycles. The van der Waals surface area contributed by atoms with Crippen molar-refractivity contribution in [1.82, 2.24) is 5.32 Å². The van der Waals surface area contributed by atoms with Gasteiger partial charge in [-0.15, -0.1) is 0 Å². The van der Waals surface area contributed by atoms with Gasteiger partial charge in [0.2, 0.25) is 0 Å². The normalized spacial score (nSPS) is 10.3. The van der Waals surface area contributed by atoms with Crippen molar-refractivity contribution in [3.05, 3.63) is 54.1 Å². The molecule has 2 rings (SSSR count). The zero-order valence-electron chi connectivity index (χ0n) is 12.4. The van der Waals surface area contributed by atoms with Crippen LogP contribution in [-0.4, -0.2) is 20.6 Å². The molecule has 3 nitrogen and oxygen atoms in total. The van der Waals surface area contributed by atoms with Crippen LogP contribution in [0.1, 0.15) is 12.5 Å². The fraction of sp³-hybridized carbons (Fsp3) is 0.294. The van der Waals surface area contributed by atoms with E-state index >= 15 is 0 Å². The number of rotatable bonds is 6. The third-order valence-corrected chi connectivity index (χ3v) is 3.05. The first-order chi connectivity index (χ1) is 9.69. The number of nitrogens with one attached hydrogen (secondary N) is 1. The summed E-state index contributed by atoms with van der Waals surface area (Å²) in [5.74, 6) is 1.73. The topological polar surface area (TPSA) is 24.5 Å². The molecule has 0 fully saturated rings. The lowest BCUT2D eigenvalue weighted by Gasteiger charge is -2.14. The molecule has 0 heterocycles. The van der Waals surface area contributed by atoms with E-state index in [9.17, 15) is 0 Å². The number of nitrogens with zero attached hydrogens (tertiary/aromatic N) is 1. The lowest BCUT2D eigenvalue weighted by atomic mass is 10.2. The Balaban J connectivity index is 2.11. The highest BCUT2D eigenvalue weighted by atomic mass is 16.5. The standard InChI is InChI=1S/C17H22N2O/c1-4-18-13-14-7-5-9-16(11-14)20-17-10-6-8-15(12-17)19(2)3/h5-12,18H,4,13H2,1-3H3. The Morgan fingerprint density at radius 1 is 1.00 bits per heavy atom. The summed E-state index contributed by atoms with van der Waals surface area (Å²) in [5.41, 5.74) is 2.36. The summed E-state index contributed by atoms with van der Waals surface area (Å²) in [7, 11) is 4.05. The number of hydrogen-bond acceptors (Lipinski definition) is 3. The molecule has 0 aromatic heterocycles. The van der Waals surface area contributed by atoms with Crippen LogP contribution in [-0.2, 0) is 6.54 Å². The van der Waals surface area contributed by atoms with Crippen LogP contribution in [0.15, 0.2) is 48.5 Å². The number of ether oxygens (including phenoxy) is 1. The highest BCUT2D eigenvalue weighted by Gasteiger charge is 2.01. The van der Waals surface area contributed by atoms with Gasteiger partial charge < -0.3 is 15.0 Å². The van der Waals surface area contributed by atoms with E-state index in [2.05, 4.69) is 35.3 Å². The fourth-order valence-corrected chi connectivity index (χ4v) is 1.95. The van der Waals surface area contributed by atoms with E-state index in [0.717, 1.165) is 30.3 Å². The molecule has 0 aliphatic heterocycles. The lowest BCUT2D eigenvalue weighted by molar-refractivity contribution is 0.481. The third kappa shape index (κ3) is 4.00. The fourth-order valence-electron chi connectivity index (χ4n) is 1.95. The van der Waals surface area contributed by atoms with Crippen molar-refractivity contribution in [3.63, 3.8) is 0 Å². The molecule has 20 heavy (non-hydrogen) atoms. The van der Waals surface area contributed by atoms with E-state index in [-0.39, 0.29) is 0 Å². The second-order valence-corrected chi connectivity index (χ2v) is 4.92. The largest absolute Gasteiger partial charge is 0.457 e. The summed E-state index contributed by atoms with van der Waals surface area (Å²) in [5, 5.41) is 3.32. The second-order valence-electron chi connectivity index (χ2n) is 4.92. The minimum atomic E-state index is 0.858. The van der Waals surface area contributed by atoms with Gasteiger partial charge in [0.05, 0.1) is 0 Å². The van der Waals surface area contributed by atoms with E-state index in [1.165, 1.54) is 5.56 Å². The number of benzene rings is 2. The predicted molar refractivity (Wildman–Crippen MR) is 84.7 cm³/mol. The van der Waals surface area contributed by atoms with Crippen LogP contribution in [0, 0.1) is 0 Å². The first-order valence-electron chi connectivity index (χ1n) is 6.94. The van der Waals surface area contributed by atoms with Crippen LogP contribution >= 0.6 is 0 Å². The van der Waals surface area contributed by atoms with Gasteiger partial charge in [-0.25, -0.2) is 0 Å². The lowest BCUT2D eigenvalue weighted by Crippen LogP contribution is -2.11. The maximum atomic E-state index is 5.94. The van der Waals surface area contributed by atoms with E-state index < -0.39 is 0 Å². The first-order valence-corrected chi connectivity index (χ1v) is 6.94. The maximum Gasteiger partial charge on any atom is 0.129 e. The molecule has 3 heteroatoms. The van der Waals surface area contributed by atoms with Crippen LogP contribution in [0.3, 0.4) is 0 Å². The second kappa shape index (κ2) is 6.96. The summed E-state index contributed by atoms with van der Waals surface area (Å²) in [6, 6.07) is 16.3. The van der Waals surface area contributed by atoms with Crippen LogP contribution in [0.4, 0.5) is 5.69 Å². The monoisotopic (exact) mass is 270 g/mol. The summed E-state index contributed by atoms with van der Waals surface area (Å²) in [6.45, 7) is 3.94. The smallest absolute Gasteiger partial charge is 0.129 e. The molecule has 0 atom stereocenters. The highest BCUT2D eigenvalue weighted by molar-refractivity contribution is 5.50. The van der Waals surface area contributed by atoms with Crippen LogP contribution in [0.25, 0.3) is 0 Å². The summed E-state index contributed by atoms with van der Waals surface area (Å²) < 4.78 is 5.94. The Kier molecular flexibility index (Phi) is 5.02. The Morgan fingerprint density at radius 2 is 1.70 bits per heavy atom. The van der Waals surface area contributed by atoms with E-state index in [1.807, 2.05) is 44.4 Å². The third-order valence-electron chi connectivity index (χ3n) is 3.05. The average Bonchev–Trinajstić information content (AvgIpc) is 2.46. The van der Waals surface area contributed by atoms with Gasteiger partial charge in [-0.05, 0) is 36.4 Å². The van der Waals surface area contributed by atoms with Gasteiger partial charge in [0.15, 0.2) is 0 Å². The van der Waals surface area contributed by atoms with Gasteiger partial charge in [-0.1, -0.05) is 25.1 Å². The highest BCUT2D eigenvalue weighted by Crippen LogP contribution is 2.25. The molecule has 1 N–H and O–H groups in total. The van der Waals surface area contributed by atoms with Gasteiger partial charge >= 0.3 is 0 Å². The van der Waals surface area contributed by atoms with Crippen molar-refractivity contribution in [3.8, 4) is 11.5 Å². The molecule has 2 aromatic rings. The Labute approximate surface area is 121 Å². The first kappa shape index (κ1) is 14.4. The SMILES string of the molecule is CCNCc1cccc(Oc2cccc(N(C)C)c2)c1. The van der Waals surface area contributed by atoms with E-state index in [4.69, 9.17) is 4.74 Å². The minimum absolute atomic E-state index is 0.858. The van der Waals surface area contributed by atoms with Gasteiger partial charge in [-0.2, -0.15) is 0 Å². The molecule has 0 saturated carbocycles. The number of anilines is 1. The average molecular weight is 270 g/mol. The summed E-state index contributed by atoms with van der Waals surface area (Å²) in [6.07, 6.45) is 0. The molecule has 106 valence electrons. The van der Waals surface area contributed by atoms with Crippen molar-refractivity contribution in [2.24, 2.45) is 0 Å². The van der Waals surface area contributed by atoms with Crippen molar-refractivity contribution in [2.75, 3.05) is 25.5 Å². The van der Waals surface area contributed by atoms with Crippen LogP contribution in [0.2, 0.25) is 0 Å². The zero-order chi connectivity index (χ0) is 14.4. The van der Waals surface area contributed by atoms with Crippen molar-refractivity contribution in [2.45, 2.75) is 13.5 Å². The quantitative estimate of drug-likeness (QED) is 0.867. The molecule has 0 aliphatic rings. The van der Waals surface area contributed by atoms with Gasteiger partial charge in [0.25, 0.3) is 0 Å². The van der Waals surface area contributed by atoms with E-state index in [0.29, 0.717) is 0 Å². The Morgan fingerprint density at radius 3 is 2.40 bits per heavy atom. The minimum Gasteiger partial charge on any atom is -0.457 e. The molecule has 2 aromatic carbocycles. The molecule has 0 spiro atoms. The zero-order valence-corrected chi connectivity index (χ0v) is 12.4. The molecule has 0 radical (unpaired) electrons. The molecular formula is C17H22N2O. The molecule has 0 saturated heterocycles. The van der Waals surface area contributed by atoms with Gasteiger partial charge in [-0.3, -0.25) is 0 Å². The van der Waals surface area contributed by atoms with Crippen molar-refractivity contribution >= 4 is 5.69 Å². The molecular weight excluding hydrogens is 248 g/mol. The Hall–Kier alpha value is -2.00. The maximum absolute atomic E-state index is 5.94. The van der Waals surface area contributed by atoms with Crippen LogP contribution in [0.5, 0.6) is 11.5 Å². The summed E-state index contributed by atoms with van der Waals surface area (Å²) in [4.78, 5) is 2.06. The van der Waals surface area contributed by atoms with Gasteiger partial charge in [0, 0.05) is 32.4 Å². The predicted octanol–water partition coefficient (Wildman–Crippen LogP) is 3.65. The molecule has 0 bridgehead atoms. The van der Waals surface area contributed by atoms with Crippen LogP contribution < -0.4 is 15.0 Å². The number of hydrogen-bond donors (Lipinski definition) is 1. The van der Waals surface area contributed by atoms with Crippen molar-refractivity contribution in [1.29, 1.82) is 0 Å².